The molecular weight excluding hydrogens is 302 g/mol. The van der Waals surface area contributed by atoms with Crippen molar-refractivity contribution in [2.45, 2.75) is 6.42 Å². The van der Waals surface area contributed by atoms with Gasteiger partial charge in [-0.3, -0.25) is 0 Å². The summed E-state index contributed by atoms with van der Waals surface area (Å²) in [6.07, 6.45) is 0.661. The average molecular weight is 316 g/mol. The molecular formula is C17H14F2N2S. The Balaban J connectivity index is 1.75. The van der Waals surface area contributed by atoms with Crippen LogP contribution in [0.3, 0.4) is 0 Å². The van der Waals surface area contributed by atoms with Crippen LogP contribution in [-0.4, -0.2) is 12.0 Å². The van der Waals surface area contributed by atoms with Gasteiger partial charge < -0.3 is 4.90 Å². The second-order valence-electron chi connectivity index (χ2n) is 4.96. The van der Waals surface area contributed by atoms with E-state index in [1.165, 1.54) is 35.6 Å². The molecule has 0 fully saturated rings. The second kappa shape index (κ2) is 6.23. The fourth-order valence-corrected chi connectivity index (χ4v) is 2.93. The van der Waals surface area contributed by atoms with E-state index in [4.69, 9.17) is 0 Å². The molecule has 0 unspecified atom stereocenters. The Labute approximate surface area is 131 Å². The summed E-state index contributed by atoms with van der Waals surface area (Å²) < 4.78 is 25.9. The van der Waals surface area contributed by atoms with Gasteiger partial charge in [-0.25, -0.2) is 13.8 Å². The summed E-state index contributed by atoms with van der Waals surface area (Å²) in [5.41, 5.74) is 2.83. The normalized spacial score (nSPS) is 10.7. The van der Waals surface area contributed by atoms with Crippen LogP contribution < -0.4 is 4.90 Å². The molecule has 0 spiro atoms. The standard InChI is InChI=1S/C17H14F2N2S/c1-21(16-8-6-14(19)7-9-16)17-20-15(11-22-17)10-12-2-4-13(18)5-3-12/h2-9,11H,10H2,1H3. The van der Waals surface area contributed by atoms with Gasteiger partial charge in [-0.1, -0.05) is 12.1 Å². The molecule has 5 heteroatoms. The smallest absolute Gasteiger partial charge is 0.189 e. The molecule has 0 atom stereocenters. The molecule has 0 aliphatic heterocycles. The minimum absolute atomic E-state index is 0.237. The molecule has 3 aromatic rings. The monoisotopic (exact) mass is 316 g/mol. The van der Waals surface area contributed by atoms with Crippen LogP contribution in [0.15, 0.2) is 53.9 Å². The molecule has 0 saturated carbocycles. The van der Waals surface area contributed by atoms with Crippen LogP contribution >= 0.6 is 11.3 Å². The summed E-state index contributed by atoms with van der Waals surface area (Å²) in [4.78, 5) is 6.50. The molecule has 0 radical (unpaired) electrons. The molecule has 0 bridgehead atoms. The molecule has 0 saturated heterocycles. The Bertz CT molecular complexity index is 751. The molecule has 1 heterocycles. The number of nitrogens with zero attached hydrogens (tertiary/aromatic N) is 2. The SMILES string of the molecule is CN(c1ccc(F)cc1)c1nc(Cc2ccc(F)cc2)cs1. The van der Waals surface area contributed by atoms with Crippen LogP contribution in [0.5, 0.6) is 0 Å². The van der Waals surface area contributed by atoms with Crippen molar-refractivity contribution in [3.05, 3.63) is 76.8 Å². The first-order chi connectivity index (χ1) is 10.6. The van der Waals surface area contributed by atoms with E-state index < -0.39 is 0 Å². The number of hydrogen-bond donors (Lipinski definition) is 0. The van der Waals surface area contributed by atoms with Crippen molar-refractivity contribution in [2.75, 3.05) is 11.9 Å². The number of rotatable bonds is 4. The topological polar surface area (TPSA) is 16.1 Å². The molecule has 2 aromatic carbocycles. The van der Waals surface area contributed by atoms with E-state index in [9.17, 15) is 8.78 Å². The van der Waals surface area contributed by atoms with Gasteiger partial charge in [0.25, 0.3) is 0 Å². The van der Waals surface area contributed by atoms with E-state index in [2.05, 4.69) is 4.98 Å². The Morgan fingerprint density at radius 3 is 2.18 bits per heavy atom. The summed E-state index contributed by atoms with van der Waals surface area (Å²) in [7, 11) is 1.90. The average Bonchev–Trinajstić information content (AvgIpc) is 2.98. The van der Waals surface area contributed by atoms with Crippen molar-refractivity contribution in [3.8, 4) is 0 Å². The van der Waals surface area contributed by atoms with Gasteiger partial charge in [-0.2, -0.15) is 0 Å². The second-order valence-corrected chi connectivity index (χ2v) is 5.80. The lowest BCUT2D eigenvalue weighted by Gasteiger charge is -2.15. The number of thiazole rings is 1. The summed E-state index contributed by atoms with van der Waals surface area (Å²) in [6, 6.07) is 12.7. The highest BCUT2D eigenvalue weighted by Crippen LogP contribution is 2.27. The predicted molar refractivity (Wildman–Crippen MR) is 85.8 cm³/mol. The first-order valence-electron chi connectivity index (χ1n) is 6.80. The maximum atomic E-state index is 13.0. The van der Waals surface area contributed by atoms with Gasteiger partial charge in [0.05, 0.1) is 5.69 Å². The molecule has 0 aliphatic rings. The van der Waals surface area contributed by atoms with E-state index in [0.717, 1.165) is 22.1 Å². The third-order valence-electron chi connectivity index (χ3n) is 3.34. The van der Waals surface area contributed by atoms with Gasteiger partial charge in [0, 0.05) is 24.5 Å². The summed E-state index contributed by atoms with van der Waals surface area (Å²) in [5.74, 6) is -0.493. The van der Waals surface area contributed by atoms with Crippen LogP contribution in [0.25, 0.3) is 0 Å². The molecule has 3 rings (SSSR count). The quantitative estimate of drug-likeness (QED) is 0.688. The highest BCUT2D eigenvalue weighted by molar-refractivity contribution is 7.13. The molecule has 0 N–H and O–H groups in total. The number of aromatic nitrogens is 1. The summed E-state index contributed by atoms with van der Waals surface area (Å²) >= 11 is 1.53. The minimum Gasteiger partial charge on any atom is -0.321 e. The van der Waals surface area contributed by atoms with Crippen molar-refractivity contribution < 1.29 is 8.78 Å². The van der Waals surface area contributed by atoms with Crippen LogP contribution in [-0.2, 0) is 6.42 Å². The maximum Gasteiger partial charge on any atom is 0.189 e. The largest absolute Gasteiger partial charge is 0.321 e. The van der Waals surface area contributed by atoms with Gasteiger partial charge in [-0.05, 0) is 42.0 Å². The Morgan fingerprint density at radius 2 is 1.55 bits per heavy atom. The van der Waals surface area contributed by atoms with Gasteiger partial charge in [0.1, 0.15) is 11.6 Å². The zero-order valence-corrected chi connectivity index (χ0v) is 12.8. The van der Waals surface area contributed by atoms with Crippen molar-refractivity contribution in [2.24, 2.45) is 0 Å². The Kier molecular flexibility index (Phi) is 4.15. The molecule has 1 aromatic heterocycles. The maximum absolute atomic E-state index is 13.0. The number of benzene rings is 2. The Hall–Kier alpha value is -2.27. The lowest BCUT2D eigenvalue weighted by atomic mass is 10.1. The molecule has 0 amide bonds. The third kappa shape index (κ3) is 3.31. The van der Waals surface area contributed by atoms with Gasteiger partial charge in [-0.15, -0.1) is 11.3 Å². The third-order valence-corrected chi connectivity index (χ3v) is 4.30. The zero-order valence-electron chi connectivity index (χ0n) is 12.0. The van der Waals surface area contributed by atoms with Crippen LogP contribution in [0, 0.1) is 11.6 Å². The molecule has 2 nitrogen and oxygen atoms in total. The van der Waals surface area contributed by atoms with Crippen molar-refractivity contribution >= 4 is 22.2 Å². The number of halogens is 2. The van der Waals surface area contributed by atoms with Crippen LogP contribution in [0.4, 0.5) is 19.6 Å². The predicted octanol–water partition coefficient (Wildman–Crippen LogP) is 4.78. The first kappa shape index (κ1) is 14.7. The Morgan fingerprint density at radius 1 is 0.955 bits per heavy atom. The summed E-state index contributed by atoms with van der Waals surface area (Å²) in [5, 5.41) is 2.82. The number of anilines is 2. The van der Waals surface area contributed by atoms with Crippen molar-refractivity contribution in [1.29, 1.82) is 0 Å². The van der Waals surface area contributed by atoms with E-state index >= 15 is 0 Å². The van der Waals surface area contributed by atoms with Crippen molar-refractivity contribution in [1.82, 2.24) is 4.98 Å². The first-order valence-corrected chi connectivity index (χ1v) is 7.68. The van der Waals surface area contributed by atoms with E-state index in [0.29, 0.717) is 6.42 Å². The fraction of sp³-hybridized carbons (Fsp3) is 0.118. The fourth-order valence-electron chi connectivity index (χ4n) is 2.12. The highest BCUT2D eigenvalue weighted by Gasteiger charge is 2.09. The van der Waals surface area contributed by atoms with Gasteiger partial charge in [0.2, 0.25) is 0 Å². The number of hydrogen-bond acceptors (Lipinski definition) is 3. The summed E-state index contributed by atoms with van der Waals surface area (Å²) in [6.45, 7) is 0. The molecule has 112 valence electrons. The van der Waals surface area contributed by atoms with E-state index in [1.54, 1.807) is 24.3 Å². The molecule has 0 aliphatic carbocycles. The lowest BCUT2D eigenvalue weighted by molar-refractivity contribution is 0.627. The van der Waals surface area contributed by atoms with Gasteiger partial charge in [0.15, 0.2) is 5.13 Å². The lowest BCUT2D eigenvalue weighted by Crippen LogP contribution is -2.09. The molecule has 22 heavy (non-hydrogen) atoms. The van der Waals surface area contributed by atoms with Crippen LogP contribution in [0.1, 0.15) is 11.3 Å². The van der Waals surface area contributed by atoms with Crippen molar-refractivity contribution in [3.63, 3.8) is 0 Å². The zero-order chi connectivity index (χ0) is 15.5. The van der Waals surface area contributed by atoms with Crippen LogP contribution in [0.2, 0.25) is 0 Å². The highest BCUT2D eigenvalue weighted by atomic mass is 32.1. The van der Waals surface area contributed by atoms with Gasteiger partial charge >= 0.3 is 0 Å². The van der Waals surface area contributed by atoms with E-state index in [-0.39, 0.29) is 11.6 Å². The minimum atomic E-state index is -0.256. The van der Waals surface area contributed by atoms with E-state index in [1.807, 2.05) is 17.3 Å².